The lowest BCUT2D eigenvalue weighted by Crippen LogP contribution is -2.48. The summed E-state index contributed by atoms with van der Waals surface area (Å²) in [6.45, 7) is 3.31. The Hall–Kier alpha value is 0.230. The average molecular weight is 244 g/mol. The van der Waals surface area contributed by atoms with Gasteiger partial charge in [0.05, 0.1) is 6.10 Å². The zero-order valence-corrected chi connectivity index (χ0v) is 11.0. The summed E-state index contributed by atoms with van der Waals surface area (Å²) in [5, 5.41) is 0. The smallest absolute Gasteiger partial charge is 0.0576 e. The van der Waals surface area contributed by atoms with Gasteiger partial charge >= 0.3 is 0 Å². The molecule has 0 aromatic carbocycles. The first kappa shape index (κ1) is 12.7. The first-order valence-electron chi connectivity index (χ1n) is 6.46. The zero-order valence-electron chi connectivity index (χ0n) is 10.2. The van der Waals surface area contributed by atoms with Crippen molar-refractivity contribution in [2.24, 2.45) is 5.84 Å². The third kappa shape index (κ3) is 2.92. The molecule has 0 amide bonds. The van der Waals surface area contributed by atoms with Crippen LogP contribution < -0.4 is 11.3 Å². The van der Waals surface area contributed by atoms with Crippen LogP contribution in [0.4, 0.5) is 0 Å². The Bertz CT molecular complexity index is 213. The van der Waals surface area contributed by atoms with Crippen molar-refractivity contribution in [3.63, 3.8) is 0 Å². The molecule has 2 rings (SSSR count). The molecule has 2 heterocycles. The van der Waals surface area contributed by atoms with Crippen molar-refractivity contribution in [3.05, 3.63) is 0 Å². The number of hydrogen-bond donors (Lipinski definition) is 2. The quantitative estimate of drug-likeness (QED) is 0.574. The van der Waals surface area contributed by atoms with Crippen LogP contribution in [0.25, 0.3) is 0 Å². The van der Waals surface area contributed by atoms with E-state index in [0.717, 1.165) is 19.4 Å². The monoisotopic (exact) mass is 244 g/mol. The minimum absolute atomic E-state index is 0.341. The van der Waals surface area contributed by atoms with Crippen LogP contribution in [0.2, 0.25) is 0 Å². The number of nitrogens with one attached hydrogen (secondary N) is 1. The Kier molecular flexibility index (Phi) is 4.53. The van der Waals surface area contributed by atoms with E-state index < -0.39 is 0 Å². The van der Waals surface area contributed by atoms with Gasteiger partial charge < -0.3 is 4.74 Å². The number of thioether (sulfide) groups is 1. The van der Waals surface area contributed by atoms with Gasteiger partial charge in [-0.05, 0) is 51.2 Å². The van der Waals surface area contributed by atoms with E-state index in [-0.39, 0.29) is 0 Å². The maximum absolute atomic E-state index is 5.72. The molecule has 3 nitrogen and oxygen atoms in total. The predicted octanol–water partition coefficient (Wildman–Crippen LogP) is 2.06. The molecule has 0 saturated carbocycles. The Morgan fingerprint density at radius 2 is 2.44 bits per heavy atom. The van der Waals surface area contributed by atoms with Crippen molar-refractivity contribution in [1.82, 2.24) is 5.43 Å². The minimum Gasteiger partial charge on any atom is -0.378 e. The topological polar surface area (TPSA) is 47.3 Å². The molecular weight excluding hydrogens is 220 g/mol. The molecule has 0 spiro atoms. The first-order chi connectivity index (χ1) is 7.74. The van der Waals surface area contributed by atoms with Crippen molar-refractivity contribution in [2.45, 2.75) is 62.3 Å². The highest BCUT2D eigenvalue weighted by atomic mass is 32.2. The van der Waals surface area contributed by atoms with Gasteiger partial charge in [0.2, 0.25) is 0 Å². The molecular formula is C12H24N2OS. The van der Waals surface area contributed by atoms with Crippen molar-refractivity contribution >= 4 is 11.8 Å². The maximum atomic E-state index is 5.72. The van der Waals surface area contributed by atoms with E-state index in [1.165, 1.54) is 31.4 Å². The third-order valence-corrected chi connectivity index (χ3v) is 5.63. The minimum atomic E-state index is 0.341. The molecule has 3 atom stereocenters. The lowest BCUT2D eigenvalue weighted by Gasteiger charge is -2.33. The van der Waals surface area contributed by atoms with E-state index in [0.29, 0.717) is 16.9 Å². The fourth-order valence-corrected chi connectivity index (χ4v) is 4.30. The Morgan fingerprint density at radius 3 is 3.00 bits per heavy atom. The van der Waals surface area contributed by atoms with Crippen molar-refractivity contribution in [2.75, 3.05) is 12.4 Å². The predicted molar refractivity (Wildman–Crippen MR) is 69.4 cm³/mol. The fraction of sp³-hybridized carbons (Fsp3) is 1.00. The first-order valence-corrected chi connectivity index (χ1v) is 7.45. The summed E-state index contributed by atoms with van der Waals surface area (Å²) in [5.41, 5.74) is 3.03. The van der Waals surface area contributed by atoms with Crippen molar-refractivity contribution in [3.8, 4) is 0 Å². The Morgan fingerprint density at radius 1 is 1.56 bits per heavy atom. The summed E-state index contributed by atoms with van der Waals surface area (Å²) >= 11 is 2.08. The third-order valence-electron chi connectivity index (χ3n) is 3.99. The molecule has 94 valence electrons. The molecule has 3 N–H and O–H groups in total. The summed E-state index contributed by atoms with van der Waals surface area (Å²) in [4.78, 5) is 0. The lowest BCUT2D eigenvalue weighted by atomic mass is 9.92. The van der Waals surface area contributed by atoms with Crippen molar-refractivity contribution in [1.29, 1.82) is 0 Å². The van der Waals surface area contributed by atoms with Gasteiger partial charge in [-0.1, -0.05) is 0 Å². The highest BCUT2D eigenvalue weighted by Gasteiger charge is 2.37. The summed E-state index contributed by atoms with van der Waals surface area (Å²) in [7, 11) is 0. The largest absolute Gasteiger partial charge is 0.378 e. The van der Waals surface area contributed by atoms with Crippen LogP contribution in [0.15, 0.2) is 0 Å². The SMILES string of the molecule is CC1(C(CCC2CCCO2)NN)CCCS1. The Balaban J connectivity index is 1.80. The molecule has 4 heteroatoms. The van der Waals surface area contributed by atoms with Crippen LogP contribution in [-0.4, -0.2) is 29.3 Å². The summed E-state index contributed by atoms with van der Waals surface area (Å²) in [5.74, 6) is 7.00. The molecule has 3 unspecified atom stereocenters. The average Bonchev–Trinajstić information content (AvgIpc) is 2.91. The van der Waals surface area contributed by atoms with Gasteiger partial charge in [-0.2, -0.15) is 11.8 Å². The number of rotatable bonds is 5. The Labute approximate surface area is 103 Å². The fourth-order valence-electron chi connectivity index (χ4n) is 2.86. The highest BCUT2D eigenvalue weighted by molar-refractivity contribution is 8.00. The molecule has 0 aromatic rings. The second kappa shape index (κ2) is 5.71. The number of nitrogens with two attached hydrogens (primary N) is 1. The molecule has 0 radical (unpaired) electrons. The van der Waals surface area contributed by atoms with Crippen LogP contribution in [0.3, 0.4) is 0 Å². The van der Waals surface area contributed by atoms with Crippen LogP contribution in [0, 0.1) is 0 Å². The van der Waals surface area contributed by atoms with E-state index >= 15 is 0 Å². The van der Waals surface area contributed by atoms with Gasteiger partial charge in [0.25, 0.3) is 0 Å². The molecule has 0 bridgehead atoms. The van der Waals surface area contributed by atoms with Crippen LogP contribution in [0.5, 0.6) is 0 Å². The number of hydrazine groups is 1. The molecule has 2 fully saturated rings. The van der Waals surface area contributed by atoms with Gasteiger partial charge in [-0.3, -0.25) is 11.3 Å². The van der Waals surface area contributed by atoms with Gasteiger partial charge in [0.15, 0.2) is 0 Å². The van der Waals surface area contributed by atoms with E-state index in [4.69, 9.17) is 10.6 Å². The number of ether oxygens (including phenoxy) is 1. The normalized spacial score (nSPS) is 36.8. The van der Waals surface area contributed by atoms with E-state index in [1.807, 2.05) is 0 Å². The van der Waals surface area contributed by atoms with E-state index in [9.17, 15) is 0 Å². The molecule has 2 saturated heterocycles. The highest BCUT2D eigenvalue weighted by Crippen LogP contribution is 2.41. The summed E-state index contributed by atoms with van der Waals surface area (Å²) < 4.78 is 6.01. The van der Waals surface area contributed by atoms with Crippen LogP contribution >= 0.6 is 11.8 Å². The van der Waals surface area contributed by atoms with Gasteiger partial charge in [0.1, 0.15) is 0 Å². The lowest BCUT2D eigenvalue weighted by molar-refractivity contribution is 0.0982. The van der Waals surface area contributed by atoms with E-state index in [2.05, 4.69) is 24.1 Å². The summed E-state index contributed by atoms with van der Waals surface area (Å²) in [6.07, 6.45) is 7.89. The molecule has 2 aliphatic heterocycles. The standard InChI is InChI=1S/C12H24N2OS/c1-12(7-3-9-16-12)11(14-13)6-5-10-4-2-8-15-10/h10-11,14H,2-9,13H2,1H3. The van der Waals surface area contributed by atoms with Gasteiger partial charge in [-0.25, -0.2) is 0 Å². The maximum Gasteiger partial charge on any atom is 0.0576 e. The number of hydrogen-bond acceptors (Lipinski definition) is 4. The zero-order chi connectivity index (χ0) is 11.4. The second-order valence-corrected chi connectivity index (χ2v) is 6.83. The molecule has 16 heavy (non-hydrogen) atoms. The molecule has 0 aliphatic carbocycles. The van der Waals surface area contributed by atoms with Gasteiger partial charge in [0, 0.05) is 17.4 Å². The second-order valence-electron chi connectivity index (χ2n) is 5.20. The molecule has 2 aliphatic rings. The van der Waals surface area contributed by atoms with Crippen LogP contribution in [-0.2, 0) is 4.74 Å². The van der Waals surface area contributed by atoms with Crippen molar-refractivity contribution < 1.29 is 4.74 Å². The van der Waals surface area contributed by atoms with E-state index in [1.54, 1.807) is 0 Å². The van der Waals surface area contributed by atoms with Crippen LogP contribution in [0.1, 0.15) is 45.4 Å². The summed E-state index contributed by atoms with van der Waals surface area (Å²) in [6, 6.07) is 0.434. The van der Waals surface area contributed by atoms with Gasteiger partial charge in [-0.15, -0.1) is 0 Å². The molecule has 0 aromatic heterocycles.